The summed E-state index contributed by atoms with van der Waals surface area (Å²) in [5, 5.41) is 0. The van der Waals surface area contributed by atoms with Crippen LogP contribution in [0.4, 0.5) is 5.69 Å². The number of halogens is 1. The third-order valence-corrected chi connectivity index (χ3v) is 3.31. The Kier molecular flexibility index (Phi) is 3.47. The van der Waals surface area contributed by atoms with E-state index in [2.05, 4.69) is 15.9 Å². The molecule has 4 nitrogen and oxygen atoms in total. The van der Waals surface area contributed by atoms with Gasteiger partial charge in [0.1, 0.15) is 0 Å². The number of rotatable bonds is 2. The molecule has 1 aromatic rings. The number of nitrogen functional groups attached to an aromatic ring is 1. The van der Waals surface area contributed by atoms with Gasteiger partial charge in [0.2, 0.25) is 11.8 Å². The smallest absolute Gasteiger partial charge is 0.229 e. The zero-order valence-corrected chi connectivity index (χ0v) is 10.9. The van der Waals surface area contributed by atoms with Gasteiger partial charge in [-0.1, -0.05) is 22.0 Å². The fourth-order valence-electron chi connectivity index (χ4n) is 1.86. The number of likely N-dealkylation sites (tertiary alicyclic amines) is 1. The fraction of sp³-hybridized carbons (Fsp3) is 0.333. The van der Waals surface area contributed by atoms with Gasteiger partial charge in [0, 0.05) is 23.0 Å². The molecule has 1 aliphatic heterocycles. The summed E-state index contributed by atoms with van der Waals surface area (Å²) in [5.74, 6) is -0.216. The predicted octanol–water partition coefficient (Wildman–Crippen LogP) is 2.07. The van der Waals surface area contributed by atoms with Crippen molar-refractivity contribution in [3.8, 4) is 0 Å². The third-order valence-electron chi connectivity index (χ3n) is 2.82. The van der Waals surface area contributed by atoms with Crippen molar-refractivity contribution in [2.45, 2.75) is 25.8 Å². The number of hydrogen-bond donors (Lipinski definition) is 1. The van der Waals surface area contributed by atoms with Crippen molar-refractivity contribution >= 4 is 33.4 Å². The Morgan fingerprint density at radius 2 is 1.88 bits per heavy atom. The molecule has 0 spiro atoms. The van der Waals surface area contributed by atoms with Crippen molar-refractivity contribution in [3.63, 3.8) is 0 Å². The van der Waals surface area contributed by atoms with Gasteiger partial charge in [-0.3, -0.25) is 14.5 Å². The van der Waals surface area contributed by atoms with Gasteiger partial charge in [-0.2, -0.15) is 0 Å². The molecule has 0 saturated carbocycles. The van der Waals surface area contributed by atoms with E-state index in [1.54, 1.807) is 6.07 Å². The lowest BCUT2D eigenvalue weighted by molar-refractivity contribution is -0.148. The predicted molar refractivity (Wildman–Crippen MR) is 68.0 cm³/mol. The minimum absolute atomic E-state index is 0.108. The Balaban J connectivity index is 2.19. The number of carbonyl (C=O) groups excluding carboxylic acids is 2. The fourth-order valence-corrected chi connectivity index (χ4v) is 2.24. The quantitative estimate of drug-likeness (QED) is 0.671. The first-order chi connectivity index (χ1) is 8.08. The molecule has 5 heteroatoms. The normalized spacial score (nSPS) is 16.4. The maximum Gasteiger partial charge on any atom is 0.229 e. The highest BCUT2D eigenvalue weighted by molar-refractivity contribution is 9.10. The first-order valence-corrected chi connectivity index (χ1v) is 6.24. The maximum absolute atomic E-state index is 11.6. The molecule has 0 bridgehead atoms. The highest BCUT2D eigenvalue weighted by Gasteiger charge is 2.26. The standard InChI is InChI=1S/C12H13BrN2O2/c13-9-5-4-8(10(14)6-9)7-15-11(16)2-1-3-12(15)17/h4-6H,1-3,7,14H2. The van der Waals surface area contributed by atoms with Crippen molar-refractivity contribution in [1.82, 2.24) is 4.90 Å². The van der Waals surface area contributed by atoms with E-state index in [1.807, 2.05) is 12.1 Å². The van der Waals surface area contributed by atoms with E-state index in [0.717, 1.165) is 10.0 Å². The lowest BCUT2D eigenvalue weighted by atomic mass is 10.1. The van der Waals surface area contributed by atoms with Crippen LogP contribution in [0.3, 0.4) is 0 Å². The summed E-state index contributed by atoms with van der Waals surface area (Å²) in [6, 6.07) is 5.45. The summed E-state index contributed by atoms with van der Waals surface area (Å²) in [6.07, 6.45) is 1.55. The molecule has 2 amide bonds. The van der Waals surface area contributed by atoms with Crippen molar-refractivity contribution in [2.75, 3.05) is 5.73 Å². The number of amides is 2. The van der Waals surface area contributed by atoms with E-state index in [0.29, 0.717) is 24.9 Å². The van der Waals surface area contributed by atoms with Crippen LogP contribution in [0.1, 0.15) is 24.8 Å². The second-order valence-electron chi connectivity index (χ2n) is 4.07. The third kappa shape index (κ3) is 2.66. The van der Waals surface area contributed by atoms with Gasteiger partial charge in [-0.25, -0.2) is 0 Å². The van der Waals surface area contributed by atoms with Crippen LogP contribution in [0, 0.1) is 0 Å². The van der Waals surface area contributed by atoms with Gasteiger partial charge < -0.3 is 5.73 Å². The van der Waals surface area contributed by atoms with E-state index in [-0.39, 0.29) is 18.4 Å². The molecule has 0 atom stereocenters. The number of hydrogen-bond acceptors (Lipinski definition) is 3. The van der Waals surface area contributed by atoms with Crippen LogP contribution >= 0.6 is 15.9 Å². The van der Waals surface area contributed by atoms with Crippen LogP contribution in [-0.2, 0) is 16.1 Å². The Morgan fingerprint density at radius 1 is 1.24 bits per heavy atom. The van der Waals surface area contributed by atoms with E-state index in [4.69, 9.17) is 5.73 Å². The molecule has 1 aromatic carbocycles. The lowest BCUT2D eigenvalue weighted by Crippen LogP contribution is -2.39. The maximum atomic E-state index is 11.6. The zero-order valence-electron chi connectivity index (χ0n) is 9.28. The number of nitrogens with zero attached hydrogens (tertiary/aromatic N) is 1. The Bertz CT molecular complexity index is 458. The minimum Gasteiger partial charge on any atom is -0.398 e. The Morgan fingerprint density at radius 3 is 2.47 bits per heavy atom. The first kappa shape index (κ1) is 12.1. The highest BCUT2D eigenvalue weighted by atomic mass is 79.9. The molecule has 1 aliphatic rings. The van der Waals surface area contributed by atoms with Crippen LogP contribution in [0.25, 0.3) is 0 Å². The van der Waals surface area contributed by atoms with Crippen molar-refractivity contribution in [3.05, 3.63) is 28.2 Å². The summed E-state index contributed by atoms with van der Waals surface area (Å²) >= 11 is 3.32. The molecule has 0 unspecified atom stereocenters. The SMILES string of the molecule is Nc1cc(Br)ccc1CN1C(=O)CCCC1=O. The summed E-state index contributed by atoms with van der Waals surface area (Å²) in [5.41, 5.74) is 7.24. The number of nitrogens with two attached hydrogens (primary N) is 1. The van der Waals surface area contributed by atoms with E-state index < -0.39 is 0 Å². The molecule has 1 fully saturated rings. The first-order valence-electron chi connectivity index (χ1n) is 5.45. The molecule has 90 valence electrons. The summed E-state index contributed by atoms with van der Waals surface area (Å²) in [7, 11) is 0. The molecule has 0 aromatic heterocycles. The average molecular weight is 297 g/mol. The van der Waals surface area contributed by atoms with E-state index >= 15 is 0 Å². The van der Waals surface area contributed by atoms with Crippen LogP contribution < -0.4 is 5.73 Å². The van der Waals surface area contributed by atoms with Crippen molar-refractivity contribution in [1.29, 1.82) is 0 Å². The van der Waals surface area contributed by atoms with Crippen LogP contribution in [-0.4, -0.2) is 16.7 Å². The number of imide groups is 1. The molecule has 1 saturated heterocycles. The second-order valence-corrected chi connectivity index (χ2v) is 4.99. The second kappa shape index (κ2) is 4.87. The monoisotopic (exact) mass is 296 g/mol. The highest BCUT2D eigenvalue weighted by Crippen LogP contribution is 2.22. The number of piperidine rings is 1. The molecule has 17 heavy (non-hydrogen) atoms. The van der Waals surface area contributed by atoms with Crippen molar-refractivity contribution < 1.29 is 9.59 Å². The van der Waals surface area contributed by atoms with Crippen LogP contribution in [0.15, 0.2) is 22.7 Å². The largest absolute Gasteiger partial charge is 0.398 e. The van der Waals surface area contributed by atoms with E-state index in [1.165, 1.54) is 4.90 Å². The molecule has 2 N–H and O–H groups in total. The van der Waals surface area contributed by atoms with Crippen molar-refractivity contribution in [2.24, 2.45) is 0 Å². The summed E-state index contributed by atoms with van der Waals surface area (Å²) < 4.78 is 0.884. The average Bonchev–Trinajstić information content (AvgIpc) is 2.26. The van der Waals surface area contributed by atoms with Crippen LogP contribution in [0.2, 0.25) is 0 Å². The zero-order chi connectivity index (χ0) is 12.4. The van der Waals surface area contributed by atoms with Gasteiger partial charge in [0.25, 0.3) is 0 Å². The molecule has 2 rings (SSSR count). The van der Waals surface area contributed by atoms with E-state index in [9.17, 15) is 9.59 Å². The molecular formula is C12H13BrN2O2. The lowest BCUT2D eigenvalue weighted by Gasteiger charge is -2.25. The topological polar surface area (TPSA) is 63.4 Å². The summed E-state index contributed by atoms with van der Waals surface area (Å²) in [6.45, 7) is 0.275. The van der Waals surface area contributed by atoms with Gasteiger partial charge in [0.15, 0.2) is 0 Å². The van der Waals surface area contributed by atoms with Gasteiger partial charge in [0.05, 0.1) is 6.54 Å². The van der Waals surface area contributed by atoms with Gasteiger partial charge in [-0.05, 0) is 24.1 Å². The number of benzene rings is 1. The van der Waals surface area contributed by atoms with Gasteiger partial charge >= 0.3 is 0 Å². The Labute approximate surface area is 108 Å². The minimum atomic E-state index is -0.108. The Hall–Kier alpha value is -1.36. The van der Waals surface area contributed by atoms with Gasteiger partial charge in [-0.15, -0.1) is 0 Å². The molecule has 1 heterocycles. The molecule has 0 radical (unpaired) electrons. The molecular weight excluding hydrogens is 284 g/mol. The molecule has 0 aliphatic carbocycles. The number of anilines is 1. The summed E-state index contributed by atoms with van der Waals surface area (Å²) in [4.78, 5) is 24.6. The number of carbonyl (C=O) groups is 2. The van der Waals surface area contributed by atoms with Crippen LogP contribution in [0.5, 0.6) is 0 Å².